The molecule has 0 aliphatic heterocycles. The summed E-state index contributed by atoms with van der Waals surface area (Å²) in [5.41, 5.74) is 1.58. The number of hydrogen-bond acceptors (Lipinski definition) is 4. The summed E-state index contributed by atoms with van der Waals surface area (Å²) in [5.74, 6) is 0.499. The Labute approximate surface area is 98.9 Å². The first-order valence-corrected chi connectivity index (χ1v) is 5.31. The van der Waals surface area contributed by atoms with Crippen molar-refractivity contribution in [1.29, 1.82) is 0 Å². The number of hydrogen-bond donors (Lipinski definition) is 1. The highest BCUT2D eigenvalue weighted by Crippen LogP contribution is 2.05. The highest BCUT2D eigenvalue weighted by molar-refractivity contribution is 5.78. The average Bonchev–Trinajstić information content (AvgIpc) is 2.74. The minimum atomic E-state index is -0.101. The molecule has 5 nitrogen and oxygen atoms in total. The Hall–Kier alpha value is -2.17. The molecule has 0 atom stereocenters. The molecule has 1 amide bonds. The maximum absolute atomic E-state index is 11.6. The van der Waals surface area contributed by atoms with Crippen molar-refractivity contribution in [3.8, 4) is 0 Å². The van der Waals surface area contributed by atoms with Gasteiger partial charge in [-0.3, -0.25) is 9.78 Å². The molecule has 0 saturated heterocycles. The van der Waals surface area contributed by atoms with Gasteiger partial charge < -0.3 is 9.73 Å². The molecule has 0 fully saturated rings. The van der Waals surface area contributed by atoms with E-state index in [2.05, 4.69) is 15.3 Å². The lowest BCUT2D eigenvalue weighted by atomic mass is 10.2. The maximum atomic E-state index is 11.6. The lowest BCUT2D eigenvalue weighted by molar-refractivity contribution is -0.120. The van der Waals surface area contributed by atoms with Gasteiger partial charge in [-0.15, -0.1) is 0 Å². The van der Waals surface area contributed by atoms with Gasteiger partial charge in [0.25, 0.3) is 0 Å². The predicted octanol–water partition coefficient (Wildman–Crippen LogP) is 1.24. The largest absolute Gasteiger partial charge is 0.448 e. The van der Waals surface area contributed by atoms with E-state index in [1.165, 1.54) is 6.39 Å². The Morgan fingerprint density at radius 1 is 1.41 bits per heavy atom. The number of carbonyl (C=O) groups excluding carboxylic acids is 1. The van der Waals surface area contributed by atoms with Crippen molar-refractivity contribution < 1.29 is 9.21 Å². The Morgan fingerprint density at radius 3 is 2.94 bits per heavy atom. The number of amides is 1. The Bertz CT molecular complexity index is 493. The molecule has 0 bridgehead atoms. The molecule has 0 radical (unpaired) electrons. The van der Waals surface area contributed by atoms with E-state index >= 15 is 0 Å². The molecule has 1 N–H and O–H groups in total. The number of aryl methyl sites for hydroxylation is 1. The smallest absolute Gasteiger partial charge is 0.228 e. The summed E-state index contributed by atoms with van der Waals surface area (Å²) in [7, 11) is 0. The van der Waals surface area contributed by atoms with E-state index in [1.54, 1.807) is 6.20 Å². The summed E-state index contributed by atoms with van der Waals surface area (Å²) in [6, 6.07) is 5.58. The monoisotopic (exact) mass is 231 g/mol. The first kappa shape index (κ1) is 11.3. The molecular formula is C12H13N3O2. The molecule has 2 heterocycles. The molecule has 0 spiro atoms. The van der Waals surface area contributed by atoms with Crippen LogP contribution in [0.4, 0.5) is 0 Å². The third kappa shape index (κ3) is 3.14. The van der Waals surface area contributed by atoms with Gasteiger partial charge in [-0.05, 0) is 19.1 Å². The fourth-order valence-electron chi connectivity index (χ4n) is 1.40. The summed E-state index contributed by atoms with van der Waals surface area (Å²) in [5, 5.41) is 2.78. The predicted molar refractivity (Wildman–Crippen MR) is 61.0 cm³/mol. The molecule has 0 aliphatic rings. The molecule has 2 aromatic heterocycles. The van der Waals surface area contributed by atoms with Crippen molar-refractivity contribution >= 4 is 5.91 Å². The zero-order chi connectivity index (χ0) is 12.1. The van der Waals surface area contributed by atoms with Crippen LogP contribution >= 0.6 is 0 Å². The third-order valence-corrected chi connectivity index (χ3v) is 2.36. The molecule has 17 heavy (non-hydrogen) atoms. The summed E-state index contributed by atoms with van der Waals surface area (Å²) in [4.78, 5) is 19.7. The first-order valence-electron chi connectivity index (χ1n) is 5.31. The summed E-state index contributed by atoms with van der Waals surface area (Å²) >= 11 is 0. The number of nitrogens with one attached hydrogen (secondary N) is 1. The summed E-state index contributed by atoms with van der Waals surface area (Å²) in [6.45, 7) is 2.23. The molecular weight excluding hydrogens is 218 g/mol. The second-order valence-corrected chi connectivity index (χ2v) is 3.64. The fraction of sp³-hybridized carbons (Fsp3) is 0.250. The topological polar surface area (TPSA) is 68.0 Å². The lowest BCUT2D eigenvalue weighted by Gasteiger charge is -2.03. The number of aromatic nitrogens is 2. The molecule has 2 aromatic rings. The minimum absolute atomic E-state index is 0.101. The van der Waals surface area contributed by atoms with Crippen LogP contribution in [0.1, 0.15) is 17.1 Å². The van der Waals surface area contributed by atoms with E-state index in [0.29, 0.717) is 12.3 Å². The highest BCUT2D eigenvalue weighted by atomic mass is 16.3. The van der Waals surface area contributed by atoms with Crippen molar-refractivity contribution in [2.75, 3.05) is 0 Å². The van der Waals surface area contributed by atoms with Crippen LogP contribution in [0.5, 0.6) is 0 Å². The number of rotatable bonds is 4. The summed E-state index contributed by atoms with van der Waals surface area (Å²) in [6.07, 6.45) is 3.25. The van der Waals surface area contributed by atoms with Gasteiger partial charge in [0.1, 0.15) is 5.76 Å². The maximum Gasteiger partial charge on any atom is 0.228 e. The van der Waals surface area contributed by atoms with Crippen LogP contribution in [0.3, 0.4) is 0 Å². The molecule has 0 aromatic carbocycles. The molecule has 0 unspecified atom stereocenters. The standard InChI is InChI=1S/C12H13N3O2/c1-9-11(17-8-15-9)6-12(16)14-7-10-4-2-3-5-13-10/h2-5,8H,6-7H2,1H3,(H,14,16). The van der Waals surface area contributed by atoms with Crippen molar-refractivity contribution in [1.82, 2.24) is 15.3 Å². The van der Waals surface area contributed by atoms with Gasteiger partial charge in [0.2, 0.25) is 5.91 Å². The van der Waals surface area contributed by atoms with Gasteiger partial charge in [0.05, 0.1) is 24.4 Å². The van der Waals surface area contributed by atoms with Gasteiger partial charge in [-0.2, -0.15) is 0 Å². The van der Waals surface area contributed by atoms with Crippen LogP contribution in [0.25, 0.3) is 0 Å². The zero-order valence-corrected chi connectivity index (χ0v) is 9.51. The van der Waals surface area contributed by atoms with Crippen LogP contribution in [-0.2, 0) is 17.8 Å². The second kappa shape index (κ2) is 5.25. The van der Waals surface area contributed by atoms with Gasteiger partial charge in [0, 0.05) is 6.20 Å². The van der Waals surface area contributed by atoms with Gasteiger partial charge in [0.15, 0.2) is 6.39 Å². The average molecular weight is 231 g/mol. The molecule has 2 rings (SSSR count). The second-order valence-electron chi connectivity index (χ2n) is 3.64. The van der Waals surface area contributed by atoms with E-state index in [-0.39, 0.29) is 12.3 Å². The van der Waals surface area contributed by atoms with Crippen molar-refractivity contribution in [3.05, 3.63) is 47.9 Å². The number of oxazole rings is 1. The van der Waals surface area contributed by atoms with Crippen LogP contribution < -0.4 is 5.32 Å². The summed E-state index contributed by atoms with van der Waals surface area (Å²) < 4.78 is 5.10. The number of nitrogens with zero attached hydrogens (tertiary/aromatic N) is 2. The van der Waals surface area contributed by atoms with E-state index in [9.17, 15) is 4.79 Å². The lowest BCUT2D eigenvalue weighted by Crippen LogP contribution is -2.25. The minimum Gasteiger partial charge on any atom is -0.448 e. The van der Waals surface area contributed by atoms with E-state index in [4.69, 9.17) is 4.42 Å². The van der Waals surface area contributed by atoms with Crippen molar-refractivity contribution in [3.63, 3.8) is 0 Å². The van der Waals surface area contributed by atoms with E-state index in [0.717, 1.165) is 11.4 Å². The first-order chi connectivity index (χ1) is 8.25. The van der Waals surface area contributed by atoms with Crippen molar-refractivity contribution in [2.24, 2.45) is 0 Å². The number of carbonyl (C=O) groups is 1. The van der Waals surface area contributed by atoms with Crippen molar-refractivity contribution in [2.45, 2.75) is 19.9 Å². The van der Waals surface area contributed by atoms with E-state index in [1.807, 2.05) is 25.1 Å². The molecule has 0 saturated carbocycles. The zero-order valence-electron chi connectivity index (χ0n) is 9.51. The van der Waals surface area contributed by atoms with Gasteiger partial charge in [-0.1, -0.05) is 6.07 Å². The van der Waals surface area contributed by atoms with Crippen LogP contribution in [0.2, 0.25) is 0 Å². The quantitative estimate of drug-likeness (QED) is 0.859. The van der Waals surface area contributed by atoms with Crippen LogP contribution in [0.15, 0.2) is 35.2 Å². The Kier molecular flexibility index (Phi) is 3.49. The van der Waals surface area contributed by atoms with Gasteiger partial charge in [-0.25, -0.2) is 4.98 Å². The Balaban J connectivity index is 1.85. The Morgan fingerprint density at radius 2 is 2.29 bits per heavy atom. The molecule has 5 heteroatoms. The van der Waals surface area contributed by atoms with E-state index < -0.39 is 0 Å². The molecule has 0 aliphatic carbocycles. The third-order valence-electron chi connectivity index (χ3n) is 2.36. The highest BCUT2D eigenvalue weighted by Gasteiger charge is 2.09. The van der Waals surface area contributed by atoms with Crippen LogP contribution in [0, 0.1) is 6.92 Å². The fourth-order valence-corrected chi connectivity index (χ4v) is 1.40. The van der Waals surface area contributed by atoms with Crippen LogP contribution in [-0.4, -0.2) is 15.9 Å². The SMILES string of the molecule is Cc1ncoc1CC(=O)NCc1ccccn1. The molecule has 88 valence electrons. The van der Waals surface area contributed by atoms with Gasteiger partial charge >= 0.3 is 0 Å². The normalized spacial score (nSPS) is 10.2. The number of pyridine rings is 1.